The third-order valence-corrected chi connectivity index (χ3v) is 5.79. The van der Waals surface area contributed by atoms with Crippen LogP contribution < -0.4 is 14.8 Å². The van der Waals surface area contributed by atoms with Crippen molar-refractivity contribution in [3.8, 4) is 17.6 Å². The zero-order valence-electron chi connectivity index (χ0n) is 18.4. The molecule has 3 aromatic rings. The number of anilines is 1. The first kappa shape index (κ1) is 23.2. The fourth-order valence-electron chi connectivity index (χ4n) is 3.00. The van der Waals surface area contributed by atoms with E-state index in [0.717, 1.165) is 0 Å². The van der Waals surface area contributed by atoms with Gasteiger partial charge in [0, 0.05) is 18.3 Å². The van der Waals surface area contributed by atoms with E-state index < -0.39 is 5.25 Å². The van der Waals surface area contributed by atoms with Gasteiger partial charge in [-0.25, -0.2) is 0 Å². The van der Waals surface area contributed by atoms with Gasteiger partial charge in [0.25, 0.3) is 0 Å². The van der Waals surface area contributed by atoms with Crippen molar-refractivity contribution in [3.05, 3.63) is 59.9 Å². The zero-order valence-corrected chi connectivity index (χ0v) is 19.2. The molecule has 3 rings (SSSR count). The van der Waals surface area contributed by atoms with Gasteiger partial charge in [-0.15, -0.1) is 10.2 Å². The van der Waals surface area contributed by atoms with Gasteiger partial charge in [0.05, 0.1) is 24.0 Å². The summed E-state index contributed by atoms with van der Waals surface area (Å²) in [6.07, 6.45) is -0.341. The summed E-state index contributed by atoms with van der Waals surface area (Å²) in [4.78, 5) is 12.6. The third kappa shape index (κ3) is 5.59. The van der Waals surface area contributed by atoms with Crippen molar-refractivity contribution in [3.63, 3.8) is 0 Å². The summed E-state index contributed by atoms with van der Waals surface area (Å²) in [6, 6.07) is 16.2. The van der Waals surface area contributed by atoms with Gasteiger partial charge in [0.2, 0.25) is 5.91 Å². The molecule has 1 amide bonds. The van der Waals surface area contributed by atoms with Gasteiger partial charge in [-0.1, -0.05) is 17.8 Å². The number of ether oxygens (including phenoxy) is 2. The van der Waals surface area contributed by atoms with Crippen LogP contribution in [0.2, 0.25) is 0 Å². The standard InChI is InChI=1S/C23H25N5O3S/c1-5-28-21(15(2)31-20-8-6-7-19(13-20)30-4)26-27-23(28)32-16(3)22(29)25-18-11-9-17(14-24)10-12-18/h6-13,15-16H,5H2,1-4H3,(H,25,29). The zero-order chi connectivity index (χ0) is 23.1. The highest BCUT2D eigenvalue weighted by molar-refractivity contribution is 8.00. The van der Waals surface area contributed by atoms with Crippen molar-refractivity contribution in [2.24, 2.45) is 0 Å². The van der Waals surface area contributed by atoms with E-state index in [1.54, 1.807) is 31.4 Å². The Kier molecular flexibility index (Phi) is 7.73. The van der Waals surface area contributed by atoms with E-state index in [4.69, 9.17) is 14.7 Å². The topological polar surface area (TPSA) is 102 Å². The van der Waals surface area contributed by atoms with E-state index in [-0.39, 0.29) is 12.0 Å². The lowest BCUT2D eigenvalue weighted by atomic mass is 10.2. The minimum absolute atomic E-state index is 0.160. The smallest absolute Gasteiger partial charge is 0.237 e. The number of methoxy groups -OCH3 is 1. The second-order valence-corrected chi connectivity index (χ2v) is 8.27. The summed E-state index contributed by atoms with van der Waals surface area (Å²) >= 11 is 1.33. The fraction of sp³-hybridized carbons (Fsp3) is 0.304. The molecule has 32 heavy (non-hydrogen) atoms. The number of thioether (sulfide) groups is 1. The van der Waals surface area contributed by atoms with E-state index >= 15 is 0 Å². The molecule has 0 aliphatic carbocycles. The molecular formula is C23H25N5O3S. The first-order chi connectivity index (χ1) is 15.4. The summed E-state index contributed by atoms with van der Waals surface area (Å²) in [5.74, 6) is 1.90. The summed E-state index contributed by atoms with van der Waals surface area (Å²) < 4.78 is 13.2. The Balaban J connectivity index is 1.67. The summed E-state index contributed by atoms with van der Waals surface area (Å²) in [5.41, 5.74) is 1.18. The number of hydrogen-bond acceptors (Lipinski definition) is 7. The van der Waals surface area contributed by atoms with Crippen LogP contribution in [0.4, 0.5) is 5.69 Å². The maximum absolute atomic E-state index is 12.6. The third-order valence-electron chi connectivity index (χ3n) is 4.71. The second-order valence-electron chi connectivity index (χ2n) is 6.96. The molecule has 0 aliphatic rings. The highest BCUT2D eigenvalue weighted by Gasteiger charge is 2.23. The average Bonchev–Trinajstić information content (AvgIpc) is 3.22. The minimum Gasteiger partial charge on any atom is -0.497 e. The normalized spacial score (nSPS) is 12.5. The molecule has 1 heterocycles. The molecule has 2 aromatic carbocycles. The molecule has 0 bridgehead atoms. The van der Waals surface area contributed by atoms with Gasteiger partial charge in [-0.2, -0.15) is 5.26 Å². The van der Waals surface area contributed by atoms with Crippen LogP contribution in [0.1, 0.15) is 38.3 Å². The SMILES string of the molecule is CCn1c(SC(C)C(=O)Nc2ccc(C#N)cc2)nnc1C(C)Oc1cccc(OC)c1. The fourth-order valence-corrected chi connectivity index (χ4v) is 3.92. The molecule has 8 nitrogen and oxygen atoms in total. The lowest BCUT2D eigenvalue weighted by molar-refractivity contribution is -0.115. The van der Waals surface area contributed by atoms with E-state index in [2.05, 4.69) is 21.6 Å². The van der Waals surface area contributed by atoms with Crippen molar-refractivity contribution in [2.75, 3.05) is 12.4 Å². The molecule has 0 aliphatic heterocycles. The first-order valence-corrected chi connectivity index (χ1v) is 11.0. The number of nitrogens with zero attached hydrogens (tertiary/aromatic N) is 4. The number of nitrogens with one attached hydrogen (secondary N) is 1. The van der Waals surface area contributed by atoms with E-state index in [0.29, 0.717) is 40.3 Å². The van der Waals surface area contributed by atoms with Crippen LogP contribution in [0, 0.1) is 11.3 Å². The predicted octanol–water partition coefficient (Wildman–Crippen LogP) is 4.44. The Labute approximate surface area is 191 Å². The van der Waals surface area contributed by atoms with Crippen molar-refractivity contribution < 1.29 is 14.3 Å². The Hall–Kier alpha value is -3.51. The van der Waals surface area contributed by atoms with Crippen LogP contribution >= 0.6 is 11.8 Å². The molecule has 0 saturated heterocycles. The van der Waals surface area contributed by atoms with Gasteiger partial charge < -0.3 is 19.4 Å². The second kappa shape index (κ2) is 10.7. The Morgan fingerprint density at radius 3 is 2.56 bits per heavy atom. The van der Waals surface area contributed by atoms with Gasteiger partial charge >= 0.3 is 0 Å². The minimum atomic E-state index is -0.400. The molecule has 2 atom stereocenters. The van der Waals surface area contributed by atoms with Gasteiger partial charge in [0.15, 0.2) is 17.1 Å². The highest BCUT2D eigenvalue weighted by Crippen LogP contribution is 2.28. The van der Waals surface area contributed by atoms with Crippen LogP contribution in [0.25, 0.3) is 0 Å². The van der Waals surface area contributed by atoms with Crippen LogP contribution in [0.3, 0.4) is 0 Å². The molecule has 0 spiro atoms. The molecule has 2 unspecified atom stereocenters. The van der Waals surface area contributed by atoms with Crippen LogP contribution in [-0.2, 0) is 11.3 Å². The lowest BCUT2D eigenvalue weighted by Crippen LogP contribution is -2.23. The largest absolute Gasteiger partial charge is 0.497 e. The van der Waals surface area contributed by atoms with Crippen molar-refractivity contribution in [2.45, 2.75) is 43.8 Å². The first-order valence-electron chi connectivity index (χ1n) is 10.2. The number of amides is 1. The molecule has 0 fully saturated rings. The number of nitriles is 1. The van der Waals surface area contributed by atoms with E-state index in [1.807, 2.05) is 49.6 Å². The average molecular weight is 452 g/mol. The number of aromatic nitrogens is 3. The van der Waals surface area contributed by atoms with Crippen molar-refractivity contribution in [1.29, 1.82) is 5.26 Å². The van der Waals surface area contributed by atoms with Crippen molar-refractivity contribution >= 4 is 23.4 Å². The molecular weight excluding hydrogens is 426 g/mol. The Morgan fingerprint density at radius 1 is 1.19 bits per heavy atom. The van der Waals surface area contributed by atoms with Crippen LogP contribution in [-0.4, -0.2) is 33.0 Å². The Bertz CT molecular complexity index is 1110. The molecule has 0 radical (unpaired) electrons. The summed E-state index contributed by atoms with van der Waals surface area (Å²) in [5, 5.41) is 20.6. The van der Waals surface area contributed by atoms with Gasteiger partial charge in [-0.3, -0.25) is 4.79 Å². The van der Waals surface area contributed by atoms with Crippen molar-refractivity contribution in [1.82, 2.24) is 14.8 Å². The number of carbonyl (C=O) groups is 1. The van der Waals surface area contributed by atoms with Gasteiger partial charge in [-0.05, 0) is 57.2 Å². The van der Waals surface area contributed by atoms with E-state index in [9.17, 15) is 4.79 Å². The molecule has 1 aromatic heterocycles. The maximum atomic E-state index is 12.6. The molecule has 1 N–H and O–H groups in total. The molecule has 0 saturated carbocycles. The number of benzene rings is 2. The Morgan fingerprint density at radius 2 is 1.91 bits per heavy atom. The van der Waals surface area contributed by atoms with Crippen LogP contribution in [0.15, 0.2) is 53.7 Å². The van der Waals surface area contributed by atoms with Gasteiger partial charge in [0.1, 0.15) is 11.5 Å². The van der Waals surface area contributed by atoms with E-state index in [1.165, 1.54) is 11.8 Å². The predicted molar refractivity (Wildman–Crippen MR) is 123 cm³/mol. The quantitative estimate of drug-likeness (QED) is 0.480. The lowest BCUT2D eigenvalue weighted by Gasteiger charge is -2.17. The summed E-state index contributed by atoms with van der Waals surface area (Å²) in [6.45, 7) is 6.36. The molecule has 9 heteroatoms. The maximum Gasteiger partial charge on any atom is 0.237 e. The number of rotatable bonds is 9. The molecule has 166 valence electrons. The highest BCUT2D eigenvalue weighted by atomic mass is 32.2. The number of carbonyl (C=O) groups excluding carboxylic acids is 1. The number of hydrogen-bond donors (Lipinski definition) is 1. The monoisotopic (exact) mass is 451 g/mol. The summed E-state index contributed by atoms with van der Waals surface area (Å²) in [7, 11) is 1.61. The van der Waals surface area contributed by atoms with Crippen LogP contribution in [0.5, 0.6) is 11.5 Å².